The summed E-state index contributed by atoms with van der Waals surface area (Å²) in [5.74, 6) is 0.0546. The zero-order valence-electron chi connectivity index (χ0n) is 10.3. The average Bonchev–Trinajstić information content (AvgIpc) is 2.62. The molecule has 1 N–H and O–H groups in total. The lowest BCUT2D eigenvalue weighted by Crippen LogP contribution is -2.31. The molecule has 19 heavy (non-hydrogen) atoms. The quantitative estimate of drug-likeness (QED) is 0.682. The van der Waals surface area contributed by atoms with Gasteiger partial charge in [0, 0.05) is 7.11 Å². The largest absolute Gasteiger partial charge is 0.508 e. The first-order valence-electron chi connectivity index (χ1n) is 5.65. The number of hydrogen-bond acceptors (Lipinski definition) is 5. The Labute approximate surface area is 121 Å². The van der Waals surface area contributed by atoms with Crippen molar-refractivity contribution in [3.63, 3.8) is 0 Å². The van der Waals surface area contributed by atoms with Crippen molar-refractivity contribution in [2.24, 2.45) is 0 Å². The van der Waals surface area contributed by atoms with Crippen LogP contribution in [-0.4, -0.2) is 40.5 Å². The van der Waals surface area contributed by atoms with Gasteiger partial charge in [-0.15, -0.1) is 0 Å². The van der Waals surface area contributed by atoms with E-state index in [4.69, 9.17) is 17.0 Å². The van der Waals surface area contributed by atoms with Crippen molar-refractivity contribution >= 4 is 40.3 Å². The van der Waals surface area contributed by atoms with Gasteiger partial charge in [-0.2, -0.15) is 0 Å². The van der Waals surface area contributed by atoms with Gasteiger partial charge in [-0.3, -0.25) is 9.69 Å². The van der Waals surface area contributed by atoms with Gasteiger partial charge in [0.05, 0.1) is 18.1 Å². The van der Waals surface area contributed by atoms with E-state index < -0.39 is 0 Å². The Kier molecular flexibility index (Phi) is 4.57. The van der Waals surface area contributed by atoms with Crippen molar-refractivity contribution in [2.75, 3.05) is 20.3 Å². The van der Waals surface area contributed by atoms with E-state index in [0.717, 1.165) is 5.56 Å². The van der Waals surface area contributed by atoms with E-state index in [1.165, 1.54) is 16.7 Å². The third-order valence-electron chi connectivity index (χ3n) is 2.56. The molecule has 1 aliphatic heterocycles. The summed E-state index contributed by atoms with van der Waals surface area (Å²) in [6.07, 6.45) is 1.73. The van der Waals surface area contributed by atoms with E-state index in [2.05, 4.69) is 0 Å². The molecule has 0 radical (unpaired) electrons. The molecule has 1 amide bonds. The number of aromatic hydroxyl groups is 1. The Morgan fingerprint density at radius 1 is 1.53 bits per heavy atom. The molecule has 0 spiro atoms. The molecule has 1 aromatic rings. The van der Waals surface area contributed by atoms with Crippen molar-refractivity contribution in [2.45, 2.75) is 0 Å². The van der Waals surface area contributed by atoms with Crippen LogP contribution in [0.3, 0.4) is 0 Å². The third kappa shape index (κ3) is 3.34. The molecule has 1 aliphatic rings. The number of thioether (sulfide) groups is 1. The molecule has 1 fully saturated rings. The van der Waals surface area contributed by atoms with E-state index in [9.17, 15) is 9.90 Å². The minimum Gasteiger partial charge on any atom is -0.508 e. The fraction of sp³-hybridized carbons (Fsp3) is 0.231. The molecule has 0 aliphatic carbocycles. The summed E-state index contributed by atoms with van der Waals surface area (Å²) < 4.78 is 5.49. The zero-order chi connectivity index (χ0) is 13.8. The SMILES string of the molecule is COCCN1C(=O)/C(=C/c2cccc(O)c2)SC1=S. The number of hydrogen-bond donors (Lipinski definition) is 1. The van der Waals surface area contributed by atoms with Crippen molar-refractivity contribution in [1.29, 1.82) is 0 Å². The normalized spacial score (nSPS) is 17.5. The Morgan fingerprint density at radius 2 is 2.32 bits per heavy atom. The number of rotatable bonds is 4. The Balaban J connectivity index is 2.18. The van der Waals surface area contributed by atoms with Crippen molar-refractivity contribution in [3.05, 3.63) is 34.7 Å². The summed E-state index contributed by atoms with van der Waals surface area (Å²) >= 11 is 6.44. The second kappa shape index (κ2) is 6.18. The Hall–Kier alpha value is -1.37. The molecular weight excluding hydrogens is 282 g/mol. The molecule has 6 heteroatoms. The van der Waals surface area contributed by atoms with Crippen LogP contribution < -0.4 is 0 Å². The summed E-state index contributed by atoms with van der Waals surface area (Å²) in [6.45, 7) is 0.907. The number of benzene rings is 1. The highest BCUT2D eigenvalue weighted by molar-refractivity contribution is 8.26. The van der Waals surface area contributed by atoms with Crippen LogP contribution >= 0.6 is 24.0 Å². The zero-order valence-corrected chi connectivity index (χ0v) is 12.0. The summed E-state index contributed by atoms with van der Waals surface area (Å²) in [7, 11) is 1.58. The van der Waals surface area contributed by atoms with E-state index in [1.54, 1.807) is 31.4 Å². The van der Waals surface area contributed by atoms with Gasteiger partial charge in [-0.1, -0.05) is 36.1 Å². The van der Waals surface area contributed by atoms with Gasteiger partial charge in [0.2, 0.25) is 0 Å². The average molecular weight is 295 g/mol. The van der Waals surface area contributed by atoms with E-state index in [-0.39, 0.29) is 11.7 Å². The molecule has 0 saturated carbocycles. The highest BCUT2D eigenvalue weighted by atomic mass is 32.2. The highest BCUT2D eigenvalue weighted by Gasteiger charge is 2.31. The molecule has 0 aromatic heterocycles. The second-order valence-electron chi connectivity index (χ2n) is 3.92. The summed E-state index contributed by atoms with van der Waals surface area (Å²) in [5.41, 5.74) is 0.771. The lowest BCUT2D eigenvalue weighted by atomic mass is 10.2. The number of ether oxygens (including phenoxy) is 1. The molecule has 1 saturated heterocycles. The monoisotopic (exact) mass is 295 g/mol. The Morgan fingerprint density at radius 3 is 3.00 bits per heavy atom. The predicted octanol–water partition coefficient (Wildman–Crippen LogP) is 2.24. The van der Waals surface area contributed by atoms with Crippen LogP contribution in [0.4, 0.5) is 0 Å². The number of carbonyl (C=O) groups is 1. The van der Waals surface area contributed by atoms with Crippen LogP contribution in [0.25, 0.3) is 6.08 Å². The minimum atomic E-state index is -0.115. The van der Waals surface area contributed by atoms with Gasteiger partial charge in [0.15, 0.2) is 0 Å². The van der Waals surface area contributed by atoms with Crippen molar-refractivity contribution in [1.82, 2.24) is 4.90 Å². The van der Waals surface area contributed by atoms with Crippen LogP contribution in [0.2, 0.25) is 0 Å². The maximum atomic E-state index is 12.1. The summed E-state index contributed by atoms with van der Waals surface area (Å²) in [4.78, 5) is 14.2. The molecule has 0 atom stereocenters. The summed E-state index contributed by atoms with van der Waals surface area (Å²) in [6, 6.07) is 6.73. The van der Waals surface area contributed by atoms with Gasteiger partial charge >= 0.3 is 0 Å². The second-order valence-corrected chi connectivity index (χ2v) is 5.60. The van der Waals surface area contributed by atoms with E-state index >= 15 is 0 Å². The number of carbonyl (C=O) groups excluding carboxylic acids is 1. The first-order valence-corrected chi connectivity index (χ1v) is 6.87. The fourth-order valence-electron chi connectivity index (χ4n) is 1.64. The number of methoxy groups -OCH3 is 1. The first-order chi connectivity index (χ1) is 9.11. The lowest BCUT2D eigenvalue weighted by molar-refractivity contribution is -0.122. The third-order valence-corrected chi connectivity index (χ3v) is 3.94. The van der Waals surface area contributed by atoms with Crippen LogP contribution in [0.1, 0.15) is 5.56 Å². The molecule has 0 bridgehead atoms. The number of nitrogens with zero attached hydrogens (tertiary/aromatic N) is 1. The topological polar surface area (TPSA) is 49.8 Å². The maximum absolute atomic E-state index is 12.1. The van der Waals surface area contributed by atoms with Crippen LogP contribution in [0, 0.1) is 0 Å². The van der Waals surface area contributed by atoms with Gasteiger partial charge in [-0.25, -0.2) is 0 Å². The number of phenolic OH excluding ortho intramolecular Hbond substituents is 1. The smallest absolute Gasteiger partial charge is 0.266 e. The van der Waals surface area contributed by atoms with Crippen LogP contribution in [0.5, 0.6) is 5.75 Å². The number of thiocarbonyl (C=S) groups is 1. The van der Waals surface area contributed by atoms with Crippen LogP contribution in [-0.2, 0) is 9.53 Å². The maximum Gasteiger partial charge on any atom is 0.266 e. The standard InChI is InChI=1S/C13H13NO3S2/c1-17-6-5-14-12(16)11(19-13(14)18)8-9-3-2-4-10(15)7-9/h2-4,7-8,15H,5-6H2,1H3/b11-8-. The van der Waals surface area contributed by atoms with Crippen molar-refractivity contribution in [3.8, 4) is 5.75 Å². The Bertz CT molecular complexity index is 542. The molecule has 4 nitrogen and oxygen atoms in total. The van der Waals surface area contributed by atoms with Gasteiger partial charge < -0.3 is 9.84 Å². The van der Waals surface area contributed by atoms with E-state index in [0.29, 0.717) is 22.4 Å². The summed E-state index contributed by atoms with van der Waals surface area (Å²) in [5, 5.41) is 9.40. The van der Waals surface area contributed by atoms with Gasteiger partial charge in [0.1, 0.15) is 10.1 Å². The highest BCUT2D eigenvalue weighted by Crippen LogP contribution is 2.32. The fourth-order valence-corrected chi connectivity index (χ4v) is 2.95. The molecule has 2 rings (SSSR count). The molecule has 0 unspecified atom stereocenters. The predicted molar refractivity (Wildman–Crippen MR) is 79.9 cm³/mol. The minimum absolute atomic E-state index is 0.115. The van der Waals surface area contributed by atoms with Gasteiger partial charge in [0.25, 0.3) is 5.91 Å². The van der Waals surface area contributed by atoms with Crippen LogP contribution in [0.15, 0.2) is 29.2 Å². The lowest BCUT2D eigenvalue weighted by Gasteiger charge is -2.12. The molecule has 1 aromatic carbocycles. The first kappa shape index (κ1) is 14.0. The molecule has 100 valence electrons. The number of amides is 1. The molecule has 1 heterocycles. The molecular formula is C13H13NO3S2. The number of phenols is 1. The van der Waals surface area contributed by atoms with E-state index in [1.807, 2.05) is 6.07 Å². The van der Waals surface area contributed by atoms with Gasteiger partial charge in [-0.05, 0) is 23.8 Å². The van der Waals surface area contributed by atoms with Crippen molar-refractivity contribution < 1.29 is 14.6 Å².